The van der Waals surface area contributed by atoms with Crippen LogP contribution in [0.4, 0.5) is 11.4 Å². The quantitative estimate of drug-likeness (QED) is 0.568. The number of hydrogen-bond acceptors (Lipinski definition) is 6. The number of benzene rings is 2. The molecule has 2 aromatic rings. The van der Waals surface area contributed by atoms with E-state index >= 15 is 0 Å². The van der Waals surface area contributed by atoms with E-state index in [1.165, 1.54) is 24.3 Å². The molecule has 4 N–H and O–H groups in total. The summed E-state index contributed by atoms with van der Waals surface area (Å²) in [6.45, 7) is 0. The summed E-state index contributed by atoms with van der Waals surface area (Å²) in [4.78, 5) is 0. The SMILES string of the molecule is NN(c1ccccc1)S(=O)(=O)CS(=O)(=O)N(N)c1ccccc1. The van der Waals surface area contributed by atoms with Crippen LogP contribution in [0, 0.1) is 0 Å². The summed E-state index contributed by atoms with van der Waals surface area (Å²) in [6.07, 6.45) is 0. The molecule has 0 aliphatic carbocycles. The van der Waals surface area contributed by atoms with Crippen molar-refractivity contribution in [1.82, 2.24) is 0 Å². The maximum Gasteiger partial charge on any atom is 0.264 e. The maximum absolute atomic E-state index is 12.2. The Hall–Kier alpha value is -2.14. The average Bonchev–Trinajstić information content (AvgIpc) is 2.54. The molecule has 0 spiro atoms. The highest BCUT2D eigenvalue weighted by atomic mass is 32.3. The minimum atomic E-state index is -4.32. The van der Waals surface area contributed by atoms with Gasteiger partial charge < -0.3 is 0 Å². The molecule has 0 amide bonds. The Morgan fingerprint density at radius 3 is 1.26 bits per heavy atom. The third-order valence-corrected chi connectivity index (χ3v) is 6.92. The van der Waals surface area contributed by atoms with Gasteiger partial charge in [-0.25, -0.2) is 37.3 Å². The van der Waals surface area contributed by atoms with E-state index in [1.54, 1.807) is 36.4 Å². The van der Waals surface area contributed by atoms with E-state index in [2.05, 4.69) is 0 Å². The summed E-state index contributed by atoms with van der Waals surface area (Å²) < 4.78 is 49.7. The van der Waals surface area contributed by atoms with E-state index in [0.29, 0.717) is 8.83 Å². The van der Waals surface area contributed by atoms with Gasteiger partial charge in [-0.3, -0.25) is 0 Å². The fourth-order valence-corrected chi connectivity index (χ4v) is 5.07. The van der Waals surface area contributed by atoms with Gasteiger partial charge >= 0.3 is 0 Å². The van der Waals surface area contributed by atoms with Crippen LogP contribution in [0.15, 0.2) is 60.7 Å². The van der Waals surface area contributed by atoms with Crippen LogP contribution >= 0.6 is 0 Å². The van der Waals surface area contributed by atoms with Crippen LogP contribution in [-0.2, 0) is 20.0 Å². The van der Waals surface area contributed by atoms with Crippen molar-refractivity contribution in [3.8, 4) is 0 Å². The molecule has 0 radical (unpaired) electrons. The maximum atomic E-state index is 12.2. The molecule has 0 aliphatic rings. The summed E-state index contributed by atoms with van der Waals surface area (Å²) in [5, 5.41) is -1.25. The molecule has 0 saturated carbocycles. The molecule has 0 aliphatic heterocycles. The van der Waals surface area contributed by atoms with Gasteiger partial charge in [0.15, 0.2) is 5.08 Å². The van der Waals surface area contributed by atoms with Gasteiger partial charge in [0.05, 0.1) is 11.4 Å². The second-order valence-corrected chi connectivity index (χ2v) is 8.66. The molecule has 0 atom stereocenters. The second-order valence-electron chi connectivity index (χ2n) is 4.60. The van der Waals surface area contributed by atoms with Crippen LogP contribution in [0.2, 0.25) is 0 Å². The molecular weight excluding hydrogens is 340 g/mol. The number of hydrogen-bond donors (Lipinski definition) is 2. The molecule has 10 heteroatoms. The molecule has 2 aromatic carbocycles. The zero-order valence-corrected chi connectivity index (χ0v) is 13.6. The summed E-state index contributed by atoms with van der Waals surface area (Å²) in [7, 11) is -8.65. The largest absolute Gasteiger partial charge is 0.264 e. The topological polar surface area (TPSA) is 127 Å². The zero-order chi connectivity index (χ0) is 17.1. The molecule has 124 valence electrons. The van der Waals surface area contributed by atoms with Gasteiger partial charge in [0.1, 0.15) is 0 Å². The Morgan fingerprint density at radius 1 is 0.652 bits per heavy atom. The first-order valence-corrected chi connectivity index (χ1v) is 9.61. The van der Waals surface area contributed by atoms with Crippen LogP contribution in [0.3, 0.4) is 0 Å². The van der Waals surface area contributed by atoms with Gasteiger partial charge in [0, 0.05) is 0 Å². The Bertz CT molecular complexity index is 782. The lowest BCUT2D eigenvalue weighted by Crippen LogP contribution is -2.46. The first-order valence-electron chi connectivity index (χ1n) is 6.39. The van der Waals surface area contributed by atoms with Crippen LogP contribution in [0.5, 0.6) is 0 Å². The van der Waals surface area contributed by atoms with Gasteiger partial charge in [0.25, 0.3) is 20.0 Å². The van der Waals surface area contributed by atoms with Crippen LogP contribution in [-0.4, -0.2) is 21.9 Å². The van der Waals surface area contributed by atoms with Crippen molar-refractivity contribution in [3.63, 3.8) is 0 Å². The highest BCUT2D eigenvalue weighted by molar-refractivity contribution is 8.09. The van der Waals surface area contributed by atoms with Crippen molar-refractivity contribution < 1.29 is 16.8 Å². The number of nitrogens with zero attached hydrogens (tertiary/aromatic N) is 2. The first-order chi connectivity index (χ1) is 10.7. The molecule has 0 aromatic heterocycles. The molecule has 23 heavy (non-hydrogen) atoms. The summed E-state index contributed by atoms with van der Waals surface area (Å²) in [5.41, 5.74) is 0.289. The fraction of sp³-hybridized carbons (Fsp3) is 0.0769. The first kappa shape index (κ1) is 17.2. The minimum absolute atomic E-state index is 0.144. The molecule has 0 bridgehead atoms. The number of rotatable bonds is 6. The predicted octanol–water partition coefficient (Wildman–Crippen LogP) is 0.364. The number of nitrogens with two attached hydrogens (primary N) is 2. The smallest absolute Gasteiger partial charge is 0.233 e. The van der Waals surface area contributed by atoms with Crippen molar-refractivity contribution in [3.05, 3.63) is 60.7 Å². The van der Waals surface area contributed by atoms with E-state index in [1.807, 2.05) is 0 Å². The van der Waals surface area contributed by atoms with E-state index < -0.39 is 25.1 Å². The van der Waals surface area contributed by atoms with Crippen LogP contribution in [0.1, 0.15) is 0 Å². The van der Waals surface area contributed by atoms with Gasteiger partial charge in [-0.2, -0.15) is 0 Å². The fourth-order valence-electron chi connectivity index (χ4n) is 1.77. The Kier molecular flexibility index (Phi) is 4.90. The van der Waals surface area contributed by atoms with E-state index in [4.69, 9.17) is 11.7 Å². The van der Waals surface area contributed by atoms with E-state index in [0.717, 1.165) is 0 Å². The van der Waals surface area contributed by atoms with E-state index in [-0.39, 0.29) is 11.4 Å². The predicted molar refractivity (Wildman–Crippen MR) is 88.9 cm³/mol. The van der Waals surface area contributed by atoms with Gasteiger partial charge in [-0.1, -0.05) is 36.4 Å². The van der Waals surface area contributed by atoms with Crippen LogP contribution in [0.25, 0.3) is 0 Å². The van der Waals surface area contributed by atoms with Crippen molar-refractivity contribution >= 4 is 31.4 Å². The lowest BCUT2D eigenvalue weighted by molar-refractivity contribution is 0.584. The van der Waals surface area contributed by atoms with Gasteiger partial charge in [-0.05, 0) is 24.3 Å². The second kappa shape index (κ2) is 6.54. The minimum Gasteiger partial charge on any atom is -0.233 e. The molecule has 8 nitrogen and oxygen atoms in total. The summed E-state index contributed by atoms with van der Waals surface area (Å²) >= 11 is 0. The van der Waals surface area contributed by atoms with Crippen molar-refractivity contribution in [2.24, 2.45) is 11.7 Å². The lowest BCUT2D eigenvalue weighted by Gasteiger charge is -2.22. The lowest BCUT2D eigenvalue weighted by atomic mass is 10.3. The standard InChI is InChI=1S/C13H16N4O4S2/c14-16(12-7-3-1-4-8-12)22(18,19)11-23(20,21)17(15)13-9-5-2-6-10-13/h1-10H,11,14-15H2. The summed E-state index contributed by atoms with van der Waals surface area (Å²) in [6, 6.07) is 15.5. The number of anilines is 2. The number of hydrazine groups is 2. The third-order valence-electron chi connectivity index (χ3n) is 2.92. The van der Waals surface area contributed by atoms with Crippen LogP contribution < -0.4 is 20.5 Å². The molecule has 0 heterocycles. The van der Waals surface area contributed by atoms with Crippen molar-refractivity contribution in [2.45, 2.75) is 0 Å². The Balaban J connectivity index is 2.26. The van der Waals surface area contributed by atoms with Gasteiger partial charge in [-0.15, -0.1) is 0 Å². The van der Waals surface area contributed by atoms with Crippen molar-refractivity contribution in [1.29, 1.82) is 0 Å². The zero-order valence-electron chi connectivity index (χ0n) is 12.0. The Morgan fingerprint density at radius 2 is 0.957 bits per heavy atom. The van der Waals surface area contributed by atoms with Crippen molar-refractivity contribution in [2.75, 3.05) is 13.9 Å². The Labute approximate surface area is 135 Å². The third kappa shape index (κ3) is 3.99. The van der Waals surface area contributed by atoms with E-state index in [9.17, 15) is 16.8 Å². The molecule has 0 saturated heterocycles. The molecule has 0 fully saturated rings. The summed E-state index contributed by atoms with van der Waals surface area (Å²) in [5.74, 6) is 11.1. The molecule has 0 unspecified atom stereocenters. The van der Waals surface area contributed by atoms with Gasteiger partial charge in [0.2, 0.25) is 0 Å². The average molecular weight is 356 g/mol. The number of sulfonamides is 2. The molecule has 2 rings (SSSR count). The highest BCUT2D eigenvalue weighted by Crippen LogP contribution is 2.18. The molecular formula is C13H16N4O4S2. The normalized spacial score (nSPS) is 11.9. The number of para-hydroxylation sites is 2. The monoisotopic (exact) mass is 356 g/mol. The highest BCUT2D eigenvalue weighted by Gasteiger charge is 2.31.